The molecule has 0 heterocycles. The smallest absolute Gasteiger partial charge is 0.264 e. The third kappa shape index (κ3) is 7.66. The Labute approximate surface area is 235 Å². The van der Waals surface area contributed by atoms with Crippen LogP contribution in [0.25, 0.3) is 0 Å². The Hall–Kier alpha value is -2.69. The van der Waals surface area contributed by atoms with Gasteiger partial charge in [0, 0.05) is 22.0 Å². The lowest BCUT2D eigenvalue weighted by atomic mass is 10.1. The Bertz CT molecular complexity index is 1320. The minimum Gasteiger partial charge on any atom is -0.354 e. The van der Waals surface area contributed by atoms with E-state index in [1.807, 2.05) is 31.2 Å². The number of carbonyl (C=O) groups excluding carboxylic acids is 2. The maximum atomic E-state index is 13.8. The molecule has 0 fully saturated rings. The van der Waals surface area contributed by atoms with E-state index in [1.165, 1.54) is 17.0 Å². The van der Waals surface area contributed by atoms with Crippen LogP contribution in [0.1, 0.15) is 25.8 Å². The first-order chi connectivity index (χ1) is 17.6. The summed E-state index contributed by atoms with van der Waals surface area (Å²) in [6, 6.07) is 21.3. The predicted octanol–water partition coefficient (Wildman–Crippen LogP) is 5.35. The molecule has 3 aromatic rings. The van der Waals surface area contributed by atoms with Gasteiger partial charge in [-0.1, -0.05) is 69.1 Å². The number of hydrogen-bond donors (Lipinski definition) is 1. The minimum atomic E-state index is -4.07. The van der Waals surface area contributed by atoms with Crippen molar-refractivity contribution in [2.24, 2.45) is 0 Å². The summed E-state index contributed by atoms with van der Waals surface area (Å²) in [6.45, 7) is 3.74. The Morgan fingerprint density at radius 1 is 0.919 bits per heavy atom. The summed E-state index contributed by atoms with van der Waals surface area (Å²) in [6.07, 6.45) is 0.755. The van der Waals surface area contributed by atoms with Crippen LogP contribution < -0.4 is 9.62 Å². The Balaban J connectivity index is 2.00. The number of carbonyl (C=O) groups is 2. The normalized spacial score (nSPS) is 12.0. The van der Waals surface area contributed by atoms with Crippen molar-refractivity contribution < 1.29 is 18.0 Å². The molecule has 0 saturated heterocycles. The van der Waals surface area contributed by atoms with Crippen LogP contribution in [-0.2, 0) is 26.2 Å². The molecule has 0 radical (unpaired) electrons. The van der Waals surface area contributed by atoms with Gasteiger partial charge in [-0.2, -0.15) is 0 Å². The minimum absolute atomic E-state index is 0.0676. The van der Waals surface area contributed by atoms with Gasteiger partial charge in [-0.05, 0) is 67.4 Å². The van der Waals surface area contributed by atoms with Crippen molar-refractivity contribution in [1.82, 2.24) is 10.2 Å². The van der Waals surface area contributed by atoms with Crippen molar-refractivity contribution in [3.05, 3.63) is 93.4 Å². The molecule has 1 atom stereocenters. The highest BCUT2D eigenvalue weighted by molar-refractivity contribution is 9.10. The number of hydrogen-bond acceptors (Lipinski definition) is 4. The number of amides is 2. The lowest BCUT2D eigenvalue weighted by Gasteiger charge is -2.32. The van der Waals surface area contributed by atoms with Gasteiger partial charge in [-0.25, -0.2) is 8.42 Å². The van der Waals surface area contributed by atoms with Gasteiger partial charge in [-0.15, -0.1) is 0 Å². The van der Waals surface area contributed by atoms with Gasteiger partial charge in [0.1, 0.15) is 12.6 Å². The topological polar surface area (TPSA) is 86.8 Å². The zero-order chi connectivity index (χ0) is 27.0. The fourth-order valence-corrected chi connectivity index (χ4v) is 5.81. The molecule has 0 aromatic heterocycles. The summed E-state index contributed by atoms with van der Waals surface area (Å²) in [7, 11) is -4.07. The summed E-state index contributed by atoms with van der Waals surface area (Å²) in [4.78, 5) is 28.1. The van der Waals surface area contributed by atoms with Crippen LogP contribution in [-0.4, -0.2) is 44.3 Å². The van der Waals surface area contributed by atoms with Gasteiger partial charge in [0.15, 0.2) is 0 Å². The number of sulfonamides is 1. The zero-order valence-corrected chi connectivity index (χ0v) is 24.6. The molecule has 0 bridgehead atoms. The Morgan fingerprint density at radius 3 is 2.22 bits per heavy atom. The fraction of sp³-hybridized carbons (Fsp3) is 0.259. The molecule has 0 spiro atoms. The molecule has 10 heteroatoms. The van der Waals surface area contributed by atoms with E-state index < -0.39 is 28.5 Å². The number of halogens is 2. The number of nitrogens with one attached hydrogen (secondary N) is 1. The summed E-state index contributed by atoms with van der Waals surface area (Å²) in [5.74, 6) is -0.798. The van der Waals surface area contributed by atoms with Crippen LogP contribution in [0.15, 0.2) is 92.7 Å². The average molecular weight is 651 g/mol. The molecule has 0 aliphatic carbocycles. The SMILES string of the molecule is CCCNC(=O)[C@H](C)N(Cc1cccc(Br)c1)C(=O)CN(c1ccc(Br)cc1)S(=O)(=O)c1ccccc1. The van der Waals surface area contributed by atoms with Crippen LogP contribution in [0.5, 0.6) is 0 Å². The molecule has 3 aromatic carbocycles. The number of benzene rings is 3. The highest BCUT2D eigenvalue weighted by atomic mass is 79.9. The van der Waals surface area contributed by atoms with Crippen LogP contribution in [0.4, 0.5) is 5.69 Å². The van der Waals surface area contributed by atoms with Crippen molar-refractivity contribution >= 4 is 59.4 Å². The first-order valence-electron chi connectivity index (χ1n) is 11.8. The van der Waals surface area contributed by atoms with Crippen LogP contribution in [0.2, 0.25) is 0 Å². The molecule has 196 valence electrons. The Morgan fingerprint density at radius 2 is 1.59 bits per heavy atom. The third-order valence-corrected chi connectivity index (χ3v) is 8.49. The van der Waals surface area contributed by atoms with Gasteiger partial charge in [0.2, 0.25) is 11.8 Å². The van der Waals surface area contributed by atoms with E-state index in [0.717, 1.165) is 25.2 Å². The lowest BCUT2D eigenvalue weighted by Crippen LogP contribution is -2.51. The van der Waals surface area contributed by atoms with E-state index >= 15 is 0 Å². The second kappa shape index (κ2) is 13.2. The van der Waals surface area contributed by atoms with E-state index in [9.17, 15) is 18.0 Å². The highest BCUT2D eigenvalue weighted by Gasteiger charge is 2.32. The number of anilines is 1. The quantitative estimate of drug-likeness (QED) is 0.303. The number of nitrogens with zero attached hydrogens (tertiary/aromatic N) is 2. The molecule has 7 nitrogen and oxygen atoms in total. The molecule has 0 unspecified atom stereocenters. The van der Waals surface area contributed by atoms with E-state index in [1.54, 1.807) is 49.4 Å². The van der Waals surface area contributed by atoms with E-state index in [0.29, 0.717) is 12.2 Å². The first-order valence-corrected chi connectivity index (χ1v) is 14.8. The predicted molar refractivity (Wildman–Crippen MR) is 153 cm³/mol. The average Bonchev–Trinajstić information content (AvgIpc) is 2.89. The second-order valence-electron chi connectivity index (χ2n) is 8.42. The van der Waals surface area contributed by atoms with Crippen molar-refractivity contribution in [1.29, 1.82) is 0 Å². The van der Waals surface area contributed by atoms with Gasteiger partial charge in [0.05, 0.1) is 10.6 Å². The molecular weight excluding hydrogens is 622 g/mol. The largest absolute Gasteiger partial charge is 0.354 e. The molecular formula is C27H29Br2N3O4S. The second-order valence-corrected chi connectivity index (χ2v) is 12.1. The summed E-state index contributed by atoms with van der Waals surface area (Å²) < 4.78 is 30.1. The summed E-state index contributed by atoms with van der Waals surface area (Å²) in [5, 5.41) is 2.83. The summed E-state index contributed by atoms with van der Waals surface area (Å²) in [5.41, 5.74) is 1.14. The fourth-order valence-electron chi connectivity index (χ4n) is 3.67. The highest BCUT2D eigenvalue weighted by Crippen LogP contribution is 2.26. The van der Waals surface area contributed by atoms with E-state index in [-0.39, 0.29) is 17.3 Å². The molecule has 2 amide bonds. The molecule has 0 aliphatic rings. The molecule has 3 rings (SSSR count). The lowest BCUT2D eigenvalue weighted by molar-refractivity contribution is -0.139. The van der Waals surface area contributed by atoms with Crippen molar-refractivity contribution in [2.75, 3.05) is 17.4 Å². The van der Waals surface area contributed by atoms with Crippen LogP contribution in [0.3, 0.4) is 0 Å². The van der Waals surface area contributed by atoms with Gasteiger partial charge in [-0.3, -0.25) is 13.9 Å². The van der Waals surface area contributed by atoms with Crippen molar-refractivity contribution in [3.63, 3.8) is 0 Å². The number of rotatable bonds is 11. The molecule has 1 N–H and O–H groups in total. The maximum Gasteiger partial charge on any atom is 0.264 e. The monoisotopic (exact) mass is 649 g/mol. The molecule has 37 heavy (non-hydrogen) atoms. The molecule has 0 saturated carbocycles. The van der Waals surface area contributed by atoms with E-state index in [4.69, 9.17) is 0 Å². The standard InChI is InChI=1S/C27H29Br2N3O4S/c1-3-16-30-27(34)20(2)31(18-21-8-7-9-23(29)17-21)26(33)19-32(24-14-12-22(28)13-15-24)37(35,36)25-10-5-4-6-11-25/h4-15,17,20H,3,16,18-19H2,1-2H3,(H,30,34)/t20-/m0/s1. The van der Waals surface area contributed by atoms with Crippen molar-refractivity contribution in [3.8, 4) is 0 Å². The third-order valence-electron chi connectivity index (χ3n) is 5.68. The first kappa shape index (κ1) is 28.9. The maximum absolute atomic E-state index is 13.8. The van der Waals surface area contributed by atoms with Crippen molar-refractivity contribution in [2.45, 2.75) is 37.8 Å². The van der Waals surface area contributed by atoms with E-state index in [2.05, 4.69) is 37.2 Å². The summed E-state index contributed by atoms with van der Waals surface area (Å²) >= 11 is 6.81. The molecule has 0 aliphatic heterocycles. The Kier molecular flexibility index (Phi) is 10.3. The van der Waals surface area contributed by atoms with Gasteiger partial charge >= 0.3 is 0 Å². The zero-order valence-electron chi connectivity index (χ0n) is 20.6. The van der Waals surface area contributed by atoms with Gasteiger partial charge < -0.3 is 10.2 Å². The van der Waals surface area contributed by atoms with Gasteiger partial charge in [0.25, 0.3) is 10.0 Å². The van der Waals surface area contributed by atoms with Crippen LogP contribution >= 0.6 is 31.9 Å². The van der Waals surface area contributed by atoms with Crippen LogP contribution in [0, 0.1) is 0 Å².